The Labute approximate surface area is 105 Å². The third kappa shape index (κ3) is 2.09. The Kier molecular flexibility index (Phi) is 2.56. The van der Waals surface area contributed by atoms with E-state index in [9.17, 15) is 4.79 Å². The van der Waals surface area contributed by atoms with E-state index in [1.807, 2.05) is 37.3 Å². The lowest BCUT2D eigenvalue weighted by atomic mass is 10.2. The number of benzene rings is 1. The molecule has 0 saturated carbocycles. The molecule has 1 aromatic rings. The van der Waals surface area contributed by atoms with Crippen LogP contribution < -0.4 is 0 Å². The third-order valence-electron chi connectivity index (χ3n) is 3.02. The summed E-state index contributed by atoms with van der Waals surface area (Å²) in [5.74, 6) is 0.483. The number of ether oxygens (including phenoxy) is 2. The Hall–Kier alpha value is -1.88. The summed E-state index contributed by atoms with van der Waals surface area (Å²) in [7, 11) is 0. The molecule has 18 heavy (non-hydrogen) atoms. The summed E-state index contributed by atoms with van der Waals surface area (Å²) in [4.78, 5) is 11.0. The lowest BCUT2D eigenvalue weighted by Gasteiger charge is -2.18. The van der Waals surface area contributed by atoms with Crippen LogP contribution in [-0.4, -0.2) is 42.2 Å². The van der Waals surface area contributed by atoms with Gasteiger partial charge in [0.05, 0.1) is 13.2 Å². The maximum Gasteiger partial charge on any atom is 0.245 e. The summed E-state index contributed by atoms with van der Waals surface area (Å²) in [5.41, 5.74) is 0.675. The molecule has 2 heterocycles. The summed E-state index contributed by atoms with van der Waals surface area (Å²) in [5, 5.41) is 5.99. The van der Waals surface area contributed by atoms with Gasteiger partial charge >= 0.3 is 0 Å². The Balaban J connectivity index is 1.80. The van der Waals surface area contributed by atoms with Gasteiger partial charge in [0, 0.05) is 5.56 Å². The van der Waals surface area contributed by atoms with Crippen LogP contribution in [0.3, 0.4) is 0 Å². The van der Waals surface area contributed by atoms with Crippen LogP contribution >= 0.6 is 0 Å². The fraction of sp³-hybridized carbons (Fsp3) is 0.385. The van der Waals surface area contributed by atoms with Crippen molar-refractivity contribution >= 4 is 12.2 Å². The van der Waals surface area contributed by atoms with Crippen LogP contribution in [0.1, 0.15) is 12.5 Å². The number of epoxide rings is 1. The number of hydrazone groups is 1. The number of hydrogen-bond donors (Lipinski definition) is 0. The van der Waals surface area contributed by atoms with Gasteiger partial charge in [0.1, 0.15) is 5.60 Å². The van der Waals surface area contributed by atoms with Crippen molar-refractivity contribution in [1.29, 1.82) is 0 Å². The van der Waals surface area contributed by atoms with E-state index < -0.39 is 6.23 Å². The summed E-state index contributed by atoms with van der Waals surface area (Å²) in [6.45, 7) is 3.25. The first-order chi connectivity index (χ1) is 8.70. The quantitative estimate of drug-likeness (QED) is 0.587. The van der Waals surface area contributed by atoms with Gasteiger partial charge in [-0.25, -0.2) is 5.01 Å². The molecule has 1 fully saturated rings. The normalized spacial score (nSPS) is 29.7. The van der Waals surface area contributed by atoms with E-state index in [2.05, 4.69) is 5.10 Å². The molecular formula is C13H14N2O3. The van der Waals surface area contributed by atoms with Gasteiger partial charge in [0.15, 0.2) is 6.29 Å². The minimum absolute atomic E-state index is 0.194. The molecule has 5 heteroatoms. The van der Waals surface area contributed by atoms with Gasteiger partial charge in [-0.3, -0.25) is 4.79 Å². The van der Waals surface area contributed by atoms with Crippen molar-refractivity contribution in [3.8, 4) is 0 Å². The fourth-order valence-corrected chi connectivity index (χ4v) is 1.86. The largest absolute Gasteiger partial charge is 0.443 e. The van der Waals surface area contributed by atoms with Crippen molar-refractivity contribution in [3.63, 3.8) is 0 Å². The smallest absolute Gasteiger partial charge is 0.245 e. The summed E-state index contributed by atoms with van der Waals surface area (Å²) < 4.78 is 10.8. The molecule has 0 amide bonds. The molecule has 0 N–H and O–H groups in total. The molecule has 3 rings (SSSR count). The second-order valence-corrected chi connectivity index (χ2v) is 4.75. The minimum Gasteiger partial charge on any atom is -0.443 e. The average molecular weight is 246 g/mol. The maximum atomic E-state index is 11.0. The lowest BCUT2D eigenvalue weighted by Crippen LogP contribution is -2.36. The number of rotatable bonds is 4. The number of carbonyl (C=O) groups is 1. The first kappa shape index (κ1) is 11.2. The molecule has 0 aliphatic carbocycles. The van der Waals surface area contributed by atoms with E-state index in [1.165, 1.54) is 0 Å². The first-order valence-corrected chi connectivity index (χ1v) is 5.87. The molecule has 5 nitrogen and oxygen atoms in total. The third-order valence-corrected chi connectivity index (χ3v) is 3.02. The lowest BCUT2D eigenvalue weighted by molar-refractivity contribution is -0.120. The number of nitrogens with zero attached hydrogens (tertiary/aromatic N) is 2. The van der Waals surface area contributed by atoms with E-state index in [0.29, 0.717) is 19.0 Å². The van der Waals surface area contributed by atoms with E-state index in [1.54, 1.807) is 5.01 Å². The number of hydrogen-bond acceptors (Lipinski definition) is 5. The van der Waals surface area contributed by atoms with Crippen LogP contribution in [0.4, 0.5) is 0 Å². The van der Waals surface area contributed by atoms with Gasteiger partial charge in [0.2, 0.25) is 12.1 Å². The first-order valence-electron chi connectivity index (χ1n) is 5.87. The zero-order chi connectivity index (χ0) is 12.6. The number of carbonyl (C=O) groups excluding carboxylic acids is 1. The van der Waals surface area contributed by atoms with Crippen LogP contribution in [0.5, 0.6) is 0 Å². The predicted octanol–water partition coefficient (Wildman–Crippen LogP) is 0.994. The Morgan fingerprint density at radius 2 is 2.22 bits per heavy atom. The van der Waals surface area contributed by atoms with Gasteiger partial charge in [-0.15, -0.1) is 5.10 Å². The summed E-state index contributed by atoms with van der Waals surface area (Å²) in [6, 6.07) is 9.54. The highest BCUT2D eigenvalue weighted by atomic mass is 16.6. The van der Waals surface area contributed by atoms with Gasteiger partial charge < -0.3 is 9.47 Å². The minimum atomic E-state index is -0.652. The van der Waals surface area contributed by atoms with Gasteiger partial charge in [-0.05, 0) is 19.1 Å². The van der Waals surface area contributed by atoms with Crippen molar-refractivity contribution in [2.24, 2.45) is 5.10 Å². The highest BCUT2D eigenvalue weighted by Gasteiger charge is 2.44. The van der Waals surface area contributed by atoms with Crippen LogP contribution in [0.15, 0.2) is 35.4 Å². The maximum absolute atomic E-state index is 11.0. The Morgan fingerprint density at radius 1 is 1.50 bits per heavy atom. The average Bonchev–Trinajstić information content (AvgIpc) is 2.98. The van der Waals surface area contributed by atoms with Gasteiger partial charge in [-0.1, -0.05) is 18.2 Å². The fourth-order valence-electron chi connectivity index (χ4n) is 1.86. The van der Waals surface area contributed by atoms with Crippen LogP contribution in [0, 0.1) is 0 Å². The Morgan fingerprint density at radius 3 is 2.83 bits per heavy atom. The zero-order valence-corrected chi connectivity index (χ0v) is 10.1. The van der Waals surface area contributed by atoms with Crippen LogP contribution in [0.2, 0.25) is 0 Å². The van der Waals surface area contributed by atoms with Crippen molar-refractivity contribution in [3.05, 3.63) is 35.9 Å². The van der Waals surface area contributed by atoms with E-state index in [0.717, 1.165) is 11.8 Å². The van der Waals surface area contributed by atoms with Crippen LogP contribution in [-0.2, 0) is 14.3 Å². The van der Waals surface area contributed by atoms with E-state index in [-0.39, 0.29) is 5.60 Å². The summed E-state index contributed by atoms with van der Waals surface area (Å²) >= 11 is 0. The highest BCUT2D eigenvalue weighted by Crippen LogP contribution is 2.29. The van der Waals surface area contributed by atoms with Crippen molar-refractivity contribution in [1.82, 2.24) is 5.01 Å². The molecule has 2 aliphatic heterocycles. The standard InChI is InChI=1S/C13H14N2O3/c1-13(9-17-13)8-15-11(7-16)18-12(14-15)10-5-3-2-4-6-10/h2-7,11H,8-9H2,1H3. The monoisotopic (exact) mass is 246 g/mol. The second-order valence-electron chi connectivity index (χ2n) is 4.75. The molecule has 0 aromatic heterocycles. The molecule has 2 aliphatic rings. The molecule has 1 aromatic carbocycles. The molecular weight excluding hydrogens is 232 g/mol. The number of aldehydes is 1. The molecule has 0 bridgehead atoms. The molecule has 2 unspecified atom stereocenters. The van der Waals surface area contributed by atoms with Crippen molar-refractivity contribution in [2.75, 3.05) is 13.2 Å². The van der Waals surface area contributed by atoms with Crippen molar-refractivity contribution < 1.29 is 14.3 Å². The molecule has 94 valence electrons. The van der Waals surface area contributed by atoms with E-state index in [4.69, 9.17) is 9.47 Å². The van der Waals surface area contributed by atoms with Gasteiger partial charge in [0.25, 0.3) is 0 Å². The highest BCUT2D eigenvalue weighted by molar-refractivity contribution is 5.95. The van der Waals surface area contributed by atoms with E-state index >= 15 is 0 Å². The zero-order valence-electron chi connectivity index (χ0n) is 10.1. The van der Waals surface area contributed by atoms with Crippen LogP contribution in [0.25, 0.3) is 0 Å². The topological polar surface area (TPSA) is 54.4 Å². The second kappa shape index (κ2) is 4.10. The Bertz CT molecular complexity index is 482. The molecule has 0 radical (unpaired) electrons. The SMILES string of the molecule is CC1(CN2N=C(c3ccccc3)OC2C=O)CO1. The predicted molar refractivity (Wildman–Crippen MR) is 65.0 cm³/mol. The molecule has 1 saturated heterocycles. The molecule has 0 spiro atoms. The van der Waals surface area contributed by atoms with Gasteiger partial charge in [-0.2, -0.15) is 0 Å². The van der Waals surface area contributed by atoms with Crippen molar-refractivity contribution in [2.45, 2.75) is 18.8 Å². The molecule has 2 atom stereocenters. The summed E-state index contributed by atoms with van der Waals surface area (Å²) in [6.07, 6.45) is 0.104.